The molecule has 9 heavy (non-hydrogen) atoms. The third kappa shape index (κ3) is 2.61. The zero-order valence-electron chi connectivity index (χ0n) is 6.49. The van der Waals surface area contributed by atoms with E-state index in [9.17, 15) is 0 Å². The van der Waals surface area contributed by atoms with Crippen molar-refractivity contribution in [2.24, 2.45) is 0 Å². The topological polar surface area (TPSA) is 35.9 Å². The molecule has 2 heteroatoms. The Morgan fingerprint density at radius 3 is 2.22 bits per heavy atom. The van der Waals surface area contributed by atoms with E-state index in [1.54, 1.807) is 0 Å². The van der Waals surface area contributed by atoms with Crippen LogP contribution in [-0.4, -0.2) is 18.8 Å². The van der Waals surface area contributed by atoms with E-state index in [2.05, 4.69) is 12.2 Å². The number of rotatable bonds is 4. The molecule has 0 heterocycles. The van der Waals surface area contributed by atoms with Gasteiger partial charge in [0.05, 0.1) is 0 Å². The summed E-state index contributed by atoms with van der Waals surface area (Å²) in [5.41, 5.74) is 0.806. The molecule has 1 atom stereocenters. The summed E-state index contributed by atoms with van der Waals surface area (Å²) in [5, 5.41) is 10.5. The van der Waals surface area contributed by atoms with E-state index < -0.39 is 0 Å². The minimum atomic E-state index is 0.301. The molecule has 54 valence electrons. The van der Waals surface area contributed by atoms with E-state index in [0.717, 1.165) is 18.6 Å². The molecule has 0 fully saturated rings. The first-order valence-electron chi connectivity index (χ1n) is 3.50. The summed E-state index contributed by atoms with van der Waals surface area (Å²) in [5.74, 6) is 0. The van der Waals surface area contributed by atoms with Gasteiger partial charge in [-0.1, -0.05) is 13.8 Å². The van der Waals surface area contributed by atoms with Gasteiger partial charge in [-0.2, -0.15) is 0 Å². The smallest absolute Gasteiger partial charge is 0.0442 e. The van der Waals surface area contributed by atoms with Gasteiger partial charge in [-0.05, 0) is 19.9 Å². The van der Waals surface area contributed by atoms with Gasteiger partial charge in [0, 0.05) is 11.8 Å². The van der Waals surface area contributed by atoms with Gasteiger partial charge in [-0.15, -0.1) is 0 Å². The SMILES string of the molecule is CCC(=N)C(CC)NC. The summed E-state index contributed by atoms with van der Waals surface area (Å²) in [6.45, 7) is 4.10. The van der Waals surface area contributed by atoms with Crippen molar-refractivity contribution in [3.63, 3.8) is 0 Å². The highest BCUT2D eigenvalue weighted by atomic mass is 14.9. The lowest BCUT2D eigenvalue weighted by atomic mass is 10.1. The average molecular weight is 128 g/mol. The van der Waals surface area contributed by atoms with Gasteiger partial charge in [0.15, 0.2) is 0 Å². The maximum absolute atomic E-state index is 7.43. The molecule has 0 aliphatic carbocycles. The van der Waals surface area contributed by atoms with Gasteiger partial charge < -0.3 is 10.7 Å². The first-order valence-corrected chi connectivity index (χ1v) is 3.50. The van der Waals surface area contributed by atoms with Crippen molar-refractivity contribution in [2.75, 3.05) is 7.05 Å². The predicted molar refractivity (Wildman–Crippen MR) is 41.2 cm³/mol. The Bertz CT molecular complexity index is 84.9. The zero-order chi connectivity index (χ0) is 7.28. The van der Waals surface area contributed by atoms with Crippen LogP contribution in [0.5, 0.6) is 0 Å². The van der Waals surface area contributed by atoms with Gasteiger partial charge in [0.1, 0.15) is 0 Å². The van der Waals surface area contributed by atoms with Crippen LogP contribution in [0, 0.1) is 5.41 Å². The lowest BCUT2D eigenvalue weighted by molar-refractivity contribution is 0.666. The highest BCUT2D eigenvalue weighted by Crippen LogP contribution is 1.94. The molecule has 0 amide bonds. The van der Waals surface area contributed by atoms with Gasteiger partial charge in [0.2, 0.25) is 0 Å². The molecule has 0 aromatic rings. The van der Waals surface area contributed by atoms with E-state index >= 15 is 0 Å². The van der Waals surface area contributed by atoms with E-state index in [1.165, 1.54) is 0 Å². The van der Waals surface area contributed by atoms with Crippen LogP contribution in [0.25, 0.3) is 0 Å². The van der Waals surface area contributed by atoms with Gasteiger partial charge in [-0.3, -0.25) is 0 Å². The third-order valence-electron chi connectivity index (χ3n) is 1.56. The molecular weight excluding hydrogens is 112 g/mol. The number of hydrogen-bond acceptors (Lipinski definition) is 2. The fourth-order valence-corrected chi connectivity index (χ4v) is 0.871. The van der Waals surface area contributed by atoms with Crippen LogP contribution in [0.2, 0.25) is 0 Å². The molecule has 0 aliphatic heterocycles. The molecule has 2 N–H and O–H groups in total. The normalized spacial score (nSPS) is 13.2. The Morgan fingerprint density at radius 1 is 1.56 bits per heavy atom. The van der Waals surface area contributed by atoms with Crippen molar-refractivity contribution < 1.29 is 0 Å². The lowest BCUT2D eigenvalue weighted by Crippen LogP contribution is -2.32. The Hall–Kier alpha value is -0.370. The van der Waals surface area contributed by atoms with Gasteiger partial charge in [-0.25, -0.2) is 0 Å². The quantitative estimate of drug-likeness (QED) is 0.552. The van der Waals surface area contributed by atoms with Crippen molar-refractivity contribution in [1.29, 1.82) is 5.41 Å². The average Bonchev–Trinajstić information content (AvgIpc) is 1.90. The van der Waals surface area contributed by atoms with Crippen LogP contribution in [-0.2, 0) is 0 Å². The Balaban J connectivity index is 3.64. The Morgan fingerprint density at radius 2 is 2.11 bits per heavy atom. The number of nitrogens with one attached hydrogen (secondary N) is 2. The summed E-state index contributed by atoms with van der Waals surface area (Å²) < 4.78 is 0. The molecule has 0 bridgehead atoms. The monoisotopic (exact) mass is 128 g/mol. The van der Waals surface area contributed by atoms with Crippen molar-refractivity contribution >= 4 is 5.71 Å². The minimum absolute atomic E-state index is 0.301. The minimum Gasteiger partial charge on any atom is -0.312 e. The fraction of sp³-hybridized carbons (Fsp3) is 0.857. The van der Waals surface area contributed by atoms with Crippen LogP contribution in [0.3, 0.4) is 0 Å². The Labute approximate surface area is 57.2 Å². The van der Waals surface area contributed by atoms with Crippen LogP contribution in [0.4, 0.5) is 0 Å². The molecule has 1 unspecified atom stereocenters. The second-order valence-corrected chi connectivity index (χ2v) is 2.13. The summed E-state index contributed by atoms with van der Waals surface area (Å²) >= 11 is 0. The van der Waals surface area contributed by atoms with Crippen molar-refractivity contribution in [3.05, 3.63) is 0 Å². The second kappa shape index (κ2) is 4.50. The highest BCUT2D eigenvalue weighted by molar-refractivity contribution is 5.86. The van der Waals surface area contributed by atoms with Crippen molar-refractivity contribution in [3.8, 4) is 0 Å². The van der Waals surface area contributed by atoms with Crippen LogP contribution in [0.15, 0.2) is 0 Å². The van der Waals surface area contributed by atoms with E-state index in [0.29, 0.717) is 6.04 Å². The first-order chi connectivity index (χ1) is 4.26. The summed E-state index contributed by atoms with van der Waals surface area (Å²) in [7, 11) is 1.90. The molecule has 0 saturated carbocycles. The molecular formula is C7H16N2. The van der Waals surface area contributed by atoms with E-state index in [4.69, 9.17) is 5.41 Å². The first kappa shape index (κ1) is 8.63. The predicted octanol–water partition coefficient (Wildman–Crippen LogP) is 1.41. The molecule has 0 aromatic heterocycles. The summed E-state index contributed by atoms with van der Waals surface area (Å²) in [6, 6.07) is 0.301. The summed E-state index contributed by atoms with van der Waals surface area (Å²) in [4.78, 5) is 0. The van der Waals surface area contributed by atoms with Crippen LogP contribution >= 0.6 is 0 Å². The van der Waals surface area contributed by atoms with E-state index in [-0.39, 0.29) is 0 Å². The molecule has 0 radical (unpaired) electrons. The molecule has 0 rings (SSSR count). The Kier molecular flexibility index (Phi) is 4.32. The van der Waals surface area contributed by atoms with Crippen molar-refractivity contribution in [1.82, 2.24) is 5.32 Å². The summed E-state index contributed by atoms with van der Waals surface area (Å²) in [6.07, 6.45) is 1.88. The van der Waals surface area contributed by atoms with Gasteiger partial charge >= 0.3 is 0 Å². The molecule has 0 spiro atoms. The third-order valence-corrected chi connectivity index (χ3v) is 1.56. The second-order valence-electron chi connectivity index (χ2n) is 2.13. The maximum atomic E-state index is 7.43. The largest absolute Gasteiger partial charge is 0.312 e. The van der Waals surface area contributed by atoms with Crippen LogP contribution in [0.1, 0.15) is 26.7 Å². The van der Waals surface area contributed by atoms with Gasteiger partial charge in [0.25, 0.3) is 0 Å². The maximum Gasteiger partial charge on any atom is 0.0442 e. The fourth-order valence-electron chi connectivity index (χ4n) is 0.871. The molecule has 0 saturated heterocycles. The van der Waals surface area contributed by atoms with E-state index in [1.807, 2.05) is 14.0 Å². The highest BCUT2D eigenvalue weighted by Gasteiger charge is 2.05. The molecule has 2 nitrogen and oxygen atoms in total. The molecule has 0 aliphatic rings. The van der Waals surface area contributed by atoms with Crippen molar-refractivity contribution in [2.45, 2.75) is 32.7 Å². The number of hydrogen-bond donors (Lipinski definition) is 2. The van der Waals surface area contributed by atoms with Crippen LogP contribution < -0.4 is 5.32 Å². The zero-order valence-corrected chi connectivity index (χ0v) is 6.49. The standard InChI is InChI=1S/C7H16N2/c1-4-6(8)7(5-2)9-3/h7-9H,4-5H2,1-3H3. The lowest BCUT2D eigenvalue weighted by Gasteiger charge is -2.12. The molecule has 0 aromatic carbocycles.